The third kappa shape index (κ3) is 7.03. The number of ketones is 1. The number of aryl methyl sites for hydroxylation is 2. The SMILES string of the molecule is CC(=O)c1n[nH]c2c1CCN(C(=O)c1ccc(C)c(N=N)c1)C2.CCCCC(CC)c1ccc(CC)cc1. The first-order chi connectivity index (χ1) is 18.3. The Morgan fingerprint density at radius 1 is 1.13 bits per heavy atom. The van der Waals surface area contributed by atoms with Crippen molar-refractivity contribution in [1.82, 2.24) is 15.1 Å². The summed E-state index contributed by atoms with van der Waals surface area (Å²) >= 11 is 0. The van der Waals surface area contributed by atoms with Gasteiger partial charge in [0.2, 0.25) is 0 Å². The third-order valence-corrected chi connectivity index (χ3v) is 7.39. The molecule has 0 radical (unpaired) electrons. The van der Waals surface area contributed by atoms with Crippen LogP contribution >= 0.6 is 0 Å². The molecule has 2 heterocycles. The van der Waals surface area contributed by atoms with Crippen LogP contribution in [0.1, 0.15) is 108 Å². The fourth-order valence-electron chi connectivity index (χ4n) is 4.91. The minimum Gasteiger partial charge on any atom is -0.332 e. The number of carbonyl (C=O) groups excluding carboxylic acids is 2. The Labute approximate surface area is 226 Å². The number of aromatic nitrogens is 2. The third-order valence-electron chi connectivity index (χ3n) is 7.39. The predicted molar refractivity (Wildman–Crippen MR) is 151 cm³/mol. The lowest BCUT2D eigenvalue weighted by atomic mass is 9.91. The molecule has 1 atom stereocenters. The highest BCUT2D eigenvalue weighted by Crippen LogP contribution is 2.26. The molecular weight excluding hydrogens is 474 g/mol. The molecule has 2 N–H and O–H groups in total. The van der Waals surface area contributed by atoms with Gasteiger partial charge in [0, 0.05) is 24.6 Å². The molecule has 1 aliphatic heterocycles. The van der Waals surface area contributed by atoms with Gasteiger partial charge in [0.25, 0.3) is 5.91 Å². The Bertz CT molecular complexity index is 1250. The standard InChI is InChI=1S/C16H17N5O2.C15H24/c1-9-3-4-11(7-13(9)18-17)16(23)21-6-5-12-14(8-21)19-20-15(12)10(2)22;1-4-7-8-14(6-3)15-11-9-13(5-2)10-12-15/h3-4,7,17H,5-6,8H2,1-2H3,(H,19,20);9-12,14H,4-8H2,1-3H3. The number of rotatable bonds is 9. The molecule has 1 aliphatic rings. The molecule has 0 fully saturated rings. The van der Waals surface area contributed by atoms with E-state index in [-0.39, 0.29) is 11.7 Å². The van der Waals surface area contributed by atoms with Crippen LogP contribution in [0.25, 0.3) is 0 Å². The summed E-state index contributed by atoms with van der Waals surface area (Å²) in [6, 6.07) is 14.4. The molecule has 7 nitrogen and oxygen atoms in total. The lowest BCUT2D eigenvalue weighted by Gasteiger charge is -2.27. The zero-order valence-electron chi connectivity index (χ0n) is 23.4. The molecule has 1 unspecified atom stereocenters. The van der Waals surface area contributed by atoms with E-state index in [1.807, 2.05) is 6.92 Å². The number of nitrogens with zero attached hydrogens (tertiary/aromatic N) is 3. The van der Waals surface area contributed by atoms with Gasteiger partial charge in [0.05, 0.1) is 17.9 Å². The Balaban J connectivity index is 0.000000232. The van der Waals surface area contributed by atoms with Crippen LogP contribution in [-0.4, -0.2) is 33.3 Å². The first-order valence-electron chi connectivity index (χ1n) is 13.8. The first-order valence-corrected chi connectivity index (χ1v) is 13.8. The van der Waals surface area contributed by atoms with Crippen molar-refractivity contribution in [3.05, 3.63) is 81.7 Å². The Morgan fingerprint density at radius 3 is 2.47 bits per heavy atom. The van der Waals surface area contributed by atoms with E-state index in [4.69, 9.17) is 5.53 Å². The van der Waals surface area contributed by atoms with Gasteiger partial charge in [0.1, 0.15) is 5.69 Å². The van der Waals surface area contributed by atoms with Crippen LogP contribution in [0.4, 0.5) is 5.69 Å². The van der Waals surface area contributed by atoms with Crippen molar-refractivity contribution < 1.29 is 9.59 Å². The van der Waals surface area contributed by atoms with Crippen LogP contribution in [-0.2, 0) is 19.4 Å². The van der Waals surface area contributed by atoms with E-state index in [0.29, 0.717) is 36.5 Å². The number of hydrogen-bond donors (Lipinski definition) is 2. The van der Waals surface area contributed by atoms with Gasteiger partial charge < -0.3 is 4.90 Å². The van der Waals surface area contributed by atoms with E-state index >= 15 is 0 Å². The molecule has 3 aromatic rings. The second-order valence-electron chi connectivity index (χ2n) is 10.0. The molecule has 2 aromatic carbocycles. The summed E-state index contributed by atoms with van der Waals surface area (Å²) in [6.07, 6.45) is 7.03. The molecule has 38 heavy (non-hydrogen) atoms. The highest BCUT2D eigenvalue weighted by atomic mass is 16.2. The Kier molecular flexibility index (Phi) is 10.5. The van der Waals surface area contributed by atoms with Gasteiger partial charge in [0.15, 0.2) is 5.78 Å². The topological polar surface area (TPSA) is 102 Å². The molecule has 0 aliphatic carbocycles. The Morgan fingerprint density at radius 2 is 1.87 bits per heavy atom. The molecule has 4 rings (SSSR count). The molecule has 0 spiro atoms. The number of amides is 1. The summed E-state index contributed by atoms with van der Waals surface area (Å²) in [4.78, 5) is 25.9. The fourth-order valence-corrected chi connectivity index (χ4v) is 4.91. The molecule has 0 saturated heterocycles. The zero-order chi connectivity index (χ0) is 27.7. The van der Waals surface area contributed by atoms with Gasteiger partial charge in [-0.25, -0.2) is 5.53 Å². The summed E-state index contributed by atoms with van der Waals surface area (Å²) < 4.78 is 0. The molecule has 202 valence electrons. The van der Waals surface area contributed by atoms with Crippen LogP contribution in [0.15, 0.2) is 47.6 Å². The van der Waals surface area contributed by atoms with Gasteiger partial charge >= 0.3 is 0 Å². The summed E-state index contributed by atoms with van der Waals surface area (Å²) in [6.45, 7) is 11.1. The van der Waals surface area contributed by atoms with Crippen molar-refractivity contribution in [1.29, 1.82) is 5.53 Å². The van der Waals surface area contributed by atoms with Crippen molar-refractivity contribution in [2.24, 2.45) is 5.11 Å². The molecular formula is C31H41N5O2. The monoisotopic (exact) mass is 515 g/mol. The van der Waals surface area contributed by atoms with Crippen molar-refractivity contribution in [2.45, 2.75) is 85.6 Å². The average Bonchev–Trinajstić information content (AvgIpc) is 3.38. The van der Waals surface area contributed by atoms with E-state index in [1.54, 1.807) is 23.1 Å². The van der Waals surface area contributed by atoms with Crippen molar-refractivity contribution in [3.63, 3.8) is 0 Å². The van der Waals surface area contributed by atoms with E-state index < -0.39 is 0 Å². The summed E-state index contributed by atoms with van der Waals surface area (Å²) in [5, 5.41) is 10.4. The first kappa shape index (κ1) is 29.0. The average molecular weight is 516 g/mol. The lowest BCUT2D eigenvalue weighted by molar-refractivity contribution is 0.0732. The maximum atomic E-state index is 12.7. The van der Waals surface area contributed by atoms with Gasteiger partial charge in [-0.1, -0.05) is 63.9 Å². The van der Waals surface area contributed by atoms with Crippen molar-refractivity contribution >= 4 is 17.4 Å². The zero-order valence-corrected chi connectivity index (χ0v) is 23.4. The number of fused-ring (bicyclic) bond motifs is 1. The molecule has 0 bridgehead atoms. The molecule has 1 aromatic heterocycles. The number of H-pyrrole nitrogens is 1. The molecule has 7 heteroatoms. The van der Waals surface area contributed by atoms with E-state index in [1.165, 1.54) is 43.7 Å². The number of hydrogen-bond acceptors (Lipinski definition) is 5. The lowest BCUT2D eigenvalue weighted by Crippen LogP contribution is -2.36. The second kappa shape index (κ2) is 13.8. The number of nitrogens with one attached hydrogen (secondary N) is 2. The highest BCUT2D eigenvalue weighted by Gasteiger charge is 2.27. The quantitative estimate of drug-likeness (QED) is 0.225. The predicted octanol–water partition coefficient (Wildman–Crippen LogP) is 7.71. The van der Waals surface area contributed by atoms with Gasteiger partial charge in [-0.3, -0.25) is 14.7 Å². The number of unbranched alkanes of at least 4 members (excludes halogenated alkanes) is 1. The number of carbonyl (C=O) groups is 2. The van der Waals surface area contributed by atoms with E-state index in [2.05, 4.69) is 60.3 Å². The second-order valence-corrected chi connectivity index (χ2v) is 10.0. The minimum atomic E-state index is -0.112. The van der Waals surface area contributed by atoms with Gasteiger partial charge in [-0.15, -0.1) is 0 Å². The van der Waals surface area contributed by atoms with Crippen LogP contribution in [0, 0.1) is 12.5 Å². The van der Waals surface area contributed by atoms with Gasteiger partial charge in [-0.2, -0.15) is 10.2 Å². The van der Waals surface area contributed by atoms with Crippen molar-refractivity contribution in [3.8, 4) is 0 Å². The van der Waals surface area contributed by atoms with Crippen molar-refractivity contribution in [2.75, 3.05) is 6.54 Å². The van der Waals surface area contributed by atoms with Crippen LogP contribution in [0.2, 0.25) is 0 Å². The highest BCUT2D eigenvalue weighted by molar-refractivity contribution is 5.96. The summed E-state index contributed by atoms with van der Waals surface area (Å²) in [5.41, 5.74) is 14.2. The van der Waals surface area contributed by atoms with Crippen LogP contribution in [0.3, 0.4) is 0 Å². The minimum absolute atomic E-state index is 0.0671. The maximum Gasteiger partial charge on any atom is 0.254 e. The van der Waals surface area contributed by atoms with E-state index in [0.717, 1.165) is 29.2 Å². The number of aromatic amines is 1. The fraction of sp³-hybridized carbons (Fsp3) is 0.452. The van der Waals surface area contributed by atoms with Gasteiger partial charge in [-0.05, 0) is 67.3 Å². The van der Waals surface area contributed by atoms with E-state index in [9.17, 15) is 9.59 Å². The van der Waals surface area contributed by atoms with Crippen LogP contribution in [0.5, 0.6) is 0 Å². The molecule has 1 amide bonds. The molecule has 0 saturated carbocycles. The normalized spacial score (nSPS) is 13.2. The smallest absolute Gasteiger partial charge is 0.254 e. The summed E-state index contributed by atoms with van der Waals surface area (Å²) in [7, 11) is 0. The van der Waals surface area contributed by atoms with Crippen LogP contribution < -0.4 is 0 Å². The Hall–Kier alpha value is -3.61. The summed E-state index contributed by atoms with van der Waals surface area (Å²) in [5.74, 6) is 0.595. The largest absolute Gasteiger partial charge is 0.332 e. The maximum absolute atomic E-state index is 12.7. The number of Topliss-reactive ketones (excluding diaryl/α,β-unsaturated/α-hetero) is 1. The number of benzene rings is 2.